The first-order chi connectivity index (χ1) is 7.76. The lowest BCUT2D eigenvalue weighted by molar-refractivity contribution is 0.192. The number of hydrogen-bond donors (Lipinski definition) is 2. The Morgan fingerprint density at radius 2 is 1.94 bits per heavy atom. The molecule has 4 nitrogen and oxygen atoms in total. The van der Waals surface area contributed by atoms with Gasteiger partial charge in [-0.15, -0.1) is 0 Å². The zero-order chi connectivity index (χ0) is 11.8. The smallest absolute Gasteiger partial charge is 0.315 e. The molecule has 0 atom stereocenters. The number of hydrogen-bond acceptors (Lipinski definition) is 2. The molecule has 0 saturated carbocycles. The Labute approximate surface area is 98.8 Å². The molecule has 0 aromatic rings. The molecule has 1 saturated heterocycles. The van der Waals surface area contributed by atoms with E-state index in [9.17, 15) is 4.79 Å². The maximum absolute atomic E-state index is 11.4. The van der Waals surface area contributed by atoms with Gasteiger partial charge in [-0.25, -0.2) is 4.79 Å². The number of carbonyl (C=O) groups excluding carboxylic acids is 1. The van der Waals surface area contributed by atoms with Crippen LogP contribution in [0.15, 0.2) is 0 Å². The van der Waals surface area contributed by atoms with Crippen molar-refractivity contribution in [2.45, 2.75) is 45.6 Å². The predicted octanol–water partition coefficient (Wildman–Crippen LogP) is 1.57. The number of likely N-dealkylation sites (tertiary alicyclic amines) is 1. The Hall–Kier alpha value is -0.770. The highest BCUT2D eigenvalue weighted by Crippen LogP contribution is 2.10. The van der Waals surface area contributed by atoms with Crippen molar-refractivity contribution >= 4 is 6.03 Å². The van der Waals surface area contributed by atoms with Gasteiger partial charge in [-0.1, -0.05) is 13.8 Å². The van der Waals surface area contributed by atoms with Crippen molar-refractivity contribution in [1.82, 2.24) is 15.5 Å². The molecule has 0 bridgehead atoms. The topological polar surface area (TPSA) is 44.4 Å². The summed E-state index contributed by atoms with van der Waals surface area (Å²) in [4.78, 5) is 13.9. The van der Waals surface area contributed by atoms with Crippen LogP contribution in [0.3, 0.4) is 0 Å². The van der Waals surface area contributed by atoms with Gasteiger partial charge in [-0.2, -0.15) is 0 Å². The van der Waals surface area contributed by atoms with Gasteiger partial charge < -0.3 is 15.5 Å². The zero-order valence-electron chi connectivity index (χ0n) is 10.6. The second-order valence-electron chi connectivity index (χ2n) is 4.52. The molecule has 0 aliphatic carbocycles. The number of carbonyl (C=O) groups is 1. The molecule has 0 radical (unpaired) electrons. The van der Waals surface area contributed by atoms with E-state index in [-0.39, 0.29) is 6.03 Å². The van der Waals surface area contributed by atoms with Gasteiger partial charge in [0, 0.05) is 25.7 Å². The van der Waals surface area contributed by atoms with Crippen molar-refractivity contribution in [3.8, 4) is 0 Å². The SMILES string of the molecule is CCCNC(=O)NC1CCN(CCC)CC1. The van der Waals surface area contributed by atoms with Crippen molar-refractivity contribution in [3.05, 3.63) is 0 Å². The fraction of sp³-hybridized carbons (Fsp3) is 0.917. The molecule has 1 aliphatic rings. The van der Waals surface area contributed by atoms with Crippen molar-refractivity contribution in [2.75, 3.05) is 26.2 Å². The third-order valence-electron chi connectivity index (χ3n) is 3.00. The minimum atomic E-state index is -0.00390. The van der Waals surface area contributed by atoms with Crippen LogP contribution in [0.25, 0.3) is 0 Å². The molecule has 1 heterocycles. The van der Waals surface area contributed by atoms with E-state index in [2.05, 4.69) is 29.4 Å². The maximum Gasteiger partial charge on any atom is 0.315 e. The van der Waals surface area contributed by atoms with Crippen molar-refractivity contribution in [1.29, 1.82) is 0 Å². The highest BCUT2D eigenvalue weighted by Gasteiger charge is 2.19. The number of urea groups is 1. The molecule has 4 heteroatoms. The summed E-state index contributed by atoms with van der Waals surface area (Å²) in [6.45, 7) is 8.46. The van der Waals surface area contributed by atoms with Crippen LogP contribution in [0.5, 0.6) is 0 Å². The molecule has 2 amide bonds. The zero-order valence-corrected chi connectivity index (χ0v) is 10.6. The summed E-state index contributed by atoms with van der Waals surface area (Å²) in [7, 11) is 0. The fourth-order valence-electron chi connectivity index (χ4n) is 2.09. The Bertz CT molecular complexity index is 200. The van der Waals surface area contributed by atoms with Crippen molar-refractivity contribution in [3.63, 3.8) is 0 Å². The highest BCUT2D eigenvalue weighted by molar-refractivity contribution is 5.74. The van der Waals surface area contributed by atoms with Gasteiger partial charge in [-0.3, -0.25) is 0 Å². The fourth-order valence-corrected chi connectivity index (χ4v) is 2.09. The molecule has 1 aliphatic heterocycles. The standard InChI is InChI=1S/C12H25N3O/c1-3-7-13-12(16)14-11-5-9-15(8-4-2)10-6-11/h11H,3-10H2,1-2H3,(H2,13,14,16). The van der Waals surface area contributed by atoms with Gasteiger partial charge in [0.25, 0.3) is 0 Å². The summed E-state index contributed by atoms with van der Waals surface area (Å²) in [5.41, 5.74) is 0. The summed E-state index contributed by atoms with van der Waals surface area (Å²) in [6.07, 6.45) is 4.37. The Kier molecular flexibility index (Phi) is 6.23. The Morgan fingerprint density at radius 1 is 1.25 bits per heavy atom. The molecule has 0 spiro atoms. The van der Waals surface area contributed by atoms with Crippen LogP contribution in [-0.4, -0.2) is 43.2 Å². The van der Waals surface area contributed by atoms with E-state index >= 15 is 0 Å². The van der Waals surface area contributed by atoms with Crippen LogP contribution in [0, 0.1) is 0 Å². The second-order valence-corrected chi connectivity index (χ2v) is 4.52. The van der Waals surface area contributed by atoms with E-state index in [1.165, 1.54) is 13.0 Å². The lowest BCUT2D eigenvalue weighted by Crippen LogP contribution is -2.48. The van der Waals surface area contributed by atoms with Crippen molar-refractivity contribution in [2.24, 2.45) is 0 Å². The summed E-state index contributed by atoms with van der Waals surface area (Å²) in [5, 5.41) is 5.89. The lowest BCUT2D eigenvalue weighted by atomic mass is 10.1. The van der Waals surface area contributed by atoms with Crippen LogP contribution in [0.4, 0.5) is 4.79 Å². The molecule has 1 fully saturated rings. The quantitative estimate of drug-likeness (QED) is 0.749. The number of amides is 2. The Balaban J connectivity index is 2.14. The summed E-state index contributed by atoms with van der Waals surface area (Å²) < 4.78 is 0. The third-order valence-corrected chi connectivity index (χ3v) is 3.00. The molecule has 16 heavy (non-hydrogen) atoms. The molecule has 0 aromatic carbocycles. The minimum Gasteiger partial charge on any atom is -0.338 e. The molecule has 2 N–H and O–H groups in total. The van der Waals surface area contributed by atoms with Crippen LogP contribution in [-0.2, 0) is 0 Å². The molecule has 0 aromatic heterocycles. The van der Waals surface area contributed by atoms with E-state index in [1.807, 2.05) is 0 Å². The van der Waals surface area contributed by atoms with E-state index < -0.39 is 0 Å². The van der Waals surface area contributed by atoms with E-state index in [4.69, 9.17) is 0 Å². The van der Waals surface area contributed by atoms with Crippen LogP contribution in [0.2, 0.25) is 0 Å². The summed E-state index contributed by atoms with van der Waals surface area (Å²) >= 11 is 0. The number of nitrogens with one attached hydrogen (secondary N) is 2. The molecular formula is C12H25N3O. The highest BCUT2D eigenvalue weighted by atomic mass is 16.2. The first kappa shape index (κ1) is 13.3. The van der Waals surface area contributed by atoms with Crippen LogP contribution >= 0.6 is 0 Å². The summed E-state index contributed by atoms with van der Waals surface area (Å²) in [6, 6.07) is 0.362. The normalized spacial score (nSPS) is 18.4. The van der Waals surface area contributed by atoms with Gasteiger partial charge in [0.1, 0.15) is 0 Å². The first-order valence-electron chi connectivity index (χ1n) is 6.53. The lowest BCUT2D eigenvalue weighted by Gasteiger charge is -2.32. The third kappa shape index (κ3) is 4.84. The van der Waals surface area contributed by atoms with E-state index in [0.29, 0.717) is 6.04 Å². The average molecular weight is 227 g/mol. The monoisotopic (exact) mass is 227 g/mol. The van der Waals surface area contributed by atoms with Gasteiger partial charge in [0.2, 0.25) is 0 Å². The molecule has 94 valence electrons. The Morgan fingerprint density at radius 3 is 2.50 bits per heavy atom. The van der Waals surface area contributed by atoms with Gasteiger partial charge in [0.05, 0.1) is 0 Å². The number of rotatable bonds is 5. The van der Waals surface area contributed by atoms with E-state index in [1.54, 1.807) is 0 Å². The predicted molar refractivity (Wildman–Crippen MR) is 66.6 cm³/mol. The number of piperidine rings is 1. The molecule has 1 rings (SSSR count). The molecular weight excluding hydrogens is 202 g/mol. The van der Waals surface area contributed by atoms with Gasteiger partial charge >= 0.3 is 6.03 Å². The largest absolute Gasteiger partial charge is 0.338 e. The maximum atomic E-state index is 11.4. The van der Waals surface area contributed by atoms with Gasteiger partial charge in [0.15, 0.2) is 0 Å². The number of nitrogens with zero attached hydrogens (tertiary/aromatic N) is 1. The molecule has 0 unspecified atom stereocenters. The van der Waals surface area contributed by atoms with Crippen LogP contribution < -0.4 is 10.6 Å². The van der Waals surface area contributed by atoms with Crippen molar-refractivity contribution < 1.29 is 4.79 Å². The van der Waals surface area contributed by atoms with Crippen LogP contribution in [0.1, 0.15) is 39.5 Å². The minimum absolute atomic E-state index is 0.00390. The summed E-state index contributed by atoms with van der Waals surface area (Å²) in [5.74, 6) is 0. The first-order valence-corrected chi connectivity index (χ1v) is 6.53. The van der Waals surface area contributed by atoms with E-state index in [0.717, 1.165) is 38.9 Å². The van der Waals surface area contributed by atoms with Gasteiger partial charge in [-0.05, 0) is 32.2 Å². The second kappa shape index (κ2) is 7.49. The average Bonchev–Trinajstić information content (AvgIpc) is 2.29.